The van der Waals surface area contributed by atoms with Crippen LogP contribution in [0.15, 0.2) is 59.4 Å². The maximum atomic E-state index is 14.6. The molecule has 8 heteroatoms. The van der Waals surface area contributed by atoms with Gasteiger partial charge in [-0.15, -0.1) is 0 Å². The van der Waals surface area contributed by atoms with Crippen LogP contribution in [-0.4, -0.2) is 34.1 Å². The normalized spacial score (nSPS) is 18.1. The zero-order valence-corrected chi connectivity index (χ0v) is 18.6. The molecule has 1 saturated carbocycles. The SMILES string of the molecule is O=C(O)COC[C@H]1CC[C@H](Cn2nc(-c3ccccc3)c(-c3cccc(F)c3F)cc2=O)CC1. The molecule has 1 aliphatic rings. The van der Waals surface area contributed by atoms with Crippen molar-refractivity contribution in [1.29, 1.82) is 0 Å². The molecule has 0 spiro atoms. The van der Waals surface area contributed by atoms with Crippen molar-refractivity contribution in [3.63, 3.8) is 0 Å². The van der Waals surface area contributed by atoms with Crippen molar-refractivity contribution in [3.8, 4) is 22.4 Å². The Morgan fingerprint density at radius 2 is 1.71 bits per heavy atom. The zero-order valence-electron chi connectivity index (χ0n) is 18.6. The van der Waals surface area contributed by atoms with Crippen LogP contribution in [-0.2, 0) is 16.1 Å². The van der Waals surface area contributed by atoms with E-state index in [1.54, 1.807) is 0 Å². The average Bonchev–Trinajstić information content (AvgIpc) is 2.83. The summed E-state index contributed by atoms with van der Waals surface area (Å²) < 4.78 is 35.2. The number of aliphatic carboxylic acids is 1. The molecule has 1 aliphatic carbocycles. The Balaban J connectivity index is 1.57. The number of carbonyl (C=O) groups is 1. The summed E-state index contributed by atoms with van der Waals surface area (Å²) in [4.78, 5) is 23.5. The van der Waals surface area contributed by atoms with Gasteiger partial charge >= 0.3 is 5.97 Å². The lowest BCUT2D eigenvalue weighted by atomic mass is 9.82. The second-order valence-corrected chi connectivity index (χ2v) is 8.69. The first kappa shape index (κ1) is 23.8. The minimum Gasteiger partial charge on any atom is -0.480 e. The number of nitrogens with zero attached hydrogens (tertiary/aromatic N) is 2. The Morgan fingerprint density at radius 1 is 1.00 bits per heavy atom. The number of rotatable bonds is 8. The van der Waals surface area contributed by atoms with Crippen LogP contribution < -0.4 is 5.56 Å². The van der Waals surface area contributed by atoms with Crippen molar-refractivity contribution in [1.82, 2.24) is 9.78 Å². The molecule has 178 valence electrons. The minimum absolute atomic E-state index is 0.00234. The monoisotopic (exact) mass is 468 g/mol. The first-order valence-corrected chi connectivity index (χ1v) is 11.3. The summed E-state index contributed by atoms with van der Waals surface area (Å²) in [5.74, 6) is -2.43. The fraction of sp³-hybridized carbons (Fsp3) is 0.346. The van der Waals surface area contributed by atoms with Gasteiger partial charge in [-0.25, -0.2) is 18.3 Å². The Labute approximate surface area is 195 Å². The number of ether oxygens (including phenoxy) is 1. The van der Waals surface area contributed by atoms with Crippen molar-refractivity contribution in [2.75, 3.05) is 13.2 Å². The summed E-state index contributed by atoms with van der Waals surface area (Å²) in [6.45, 7) is 0.552. The van der Waals surface area contributed by atoms with Crippen LogP contribution in [0.3, 0.4) is 0 Å². The van der Waals surface area contributed by atoms with Gasteiger partial charge in [-0.2, -0.15) is 5.10 Å². The number of hydrogen-bond donors (Lipinski definition) is 1. The van der Waals surface area contributed by atoms with Crippen molar-refractivity contribution in [2.24, 2.45) is 11.8 Å². The summed E-state index contributed by atoms with van der Waals surface area (Å²) in [5.41, 5.74) is 1.00. The van der Waals surface area contributed by atoms with E-state index < -0.39 is 17.6 Å². The molecule has 0 amide bonds. The first-order chi connectivity index (χ1) is 16.4. The molecule has 1 N–H and O–H groups in total. The van der Waals surface area contributed by atoms with Gasteiger partial charge in [-0.1, -0.05) is 42.5 Å². The lowest BCUT2D eigenvalue weighted by Gasteiger charge is -2.28. The molecular formula is C26H26F2N2O4. The highest BCUT2D eigenvalue weighted by atomic mass is 19.2. The minimum atomic E-state index is -1.01. The number of carboxylic acids is 1. The van der Waals surface area contributed by atoms with Crippen LogP contribution >= 0.6 is 0 Å². The van der Waals surface area contributed by atoms with Gasteiger partial charge in [-0.3, -0.25) is 4.79 Å². The van der Waals surface area contributed by atoms with Gasteiger partial charge in [0.15, 0.2) is 11.6 Å². The van der Waals surface area contributed by atoms with E-state index in [2.05, 4.69) is 5.10 Å². The number of carboxylic acid groups (broad SMARTS) is 1. The van der Waals surface area contributed by atoms with Crippen LogP contribution in [0, 0.1) is 23.5 Å². The number of halogens is 2. The summed E-state index contributed by atoms with van der Waals surface area (Å²) in [7, 11) is 0. The van der Waals surface area contributed by atoms with Gasteiger partial charge in [0.05, 0.1) is 12.3 Å². The Kier molecular flexibility index (Phi) is 7.47. The number of benzene rings is 2. The zero-order chi connectivity index (χ0) is 24.1. The third kappa shape index (κ3) is 5.56. The topological polar surface area (TPSA) is 81.4 Å². The Bertz CT molecular complexity index is 1210. The Hall–Kier alpha value is -3.39. The lowest BCUT2D eigenvalue weighted by molar-refractivity contribution is -0.142. The van der Waals surface area contributed by atoms with E-state index in [4.69, 9.17) is 9.84 Å². The van der Waals surface area contributed by atoms with Gasteiger partial charge in [0.25, 0.3) is 5.56 Å². The molecule has 34 heavy (non-hydrogen) atoms. The fourth-order valence-corrected chi connectivity index (χ4v) is 4.49. The smallest absolute Gasteiger partial charge is 0.329 e. The van der Waals surface area contributed by atoms with E-state index in [0.717, 1.165) is 31.7 Å². The molecule has 1 fully saturated rings. The Morgan fingerprint density at radius 3 is 2.41 bits per heavy atom. The molecule has 0 radical (unpaired) electrons. The van der Waals surface area contributed by atoms with E-state index in [1.165, 1.54) is 22.9 Å². The average molecular weight is 469 g/mol. The third-order valence-electron chi connectivity index (χ3n) is 6.26. The molecule has 4 rings (SSSR count). The van der Waals surface area contributed by atoms with Gasteiger partial charge < -0.3 is 9.84 Å². The molecule has 0 saturated heterocycles. The molecular weight excluding hydrogens is 442 g/mol. The highest BCUT2D eigenvalue weighted by Gasteiger charge is 2.24. The standard InChI is InChI=1S/C26H26F2N2O4/c27-22-8-4-7-20(25(22)28)21-13-23(31)30(29-26(21)19-5-2-1-3-6-19)14-17-9-11-18(12-10-17)15-34-16-24(32)33/h1-8,13,17-18H,9-12,14-16H2,(H,32,33)/t17-,18-. The largest absolute Gasteiger partial charge is 0.480 e. The summed E-state index contributed by atoms with van der Waals surface area (Å²) >= 11 is 0. The van der Waals surface area contributed by atoms with Crippen molar-refractivity contribution in [3.05, 3.63) is 76.6 Å². The predicted octanol–water partition coefficient (Wildman–Crippen LogP) is 4.76. The van der Waals surface area contributed by atoms with Gasteiger partial charge in [-0.05, 0) is 43.6 Å². The van der Waals surface area contributed by atoms with Gasteiger partial charge in [0, 0.05) is 29.3 Å². The highest BCUT2D eigenvalue weighted by molar-refractivity contribution is 5.80. The molecule has 0 bridgehead atoms. The van der Waals surface area contributed by atoms with E-state index >= 15 is 0 Å². The molecule has 0 unspecified atom stereocenters. The van der Waals surface area contributed by atoms with Crippen LogP contribution in [0.25, 0.3) is 22.4 Å². The number of hydrogen-bond acceptors (Lipinski definition) is 4. The van der Waals surface area contributed by atoms with E-state index in [0.29, 0.717) is 30.3 Å². The first-order valence-electron chi connectivity index (χ1n) is 11.3. The molecule has 1 aromatic heterocycles. The van der Waals surface area contributed by atoms with Crippen LogP contribution in [0.1, 0.15) is 25.7 Å². The fourth-order valence-electron chi connectivity index (χ4n) is 4.49. The highest BCUT2D eigenvalue weighted by Crippen LogP contribution is 2.33. The quantitative estimate of drug-likeness (QED) is 0.515. The van der Waals surface area contributed by atoms with E-state index in [1.807, 2.05) is 30.3 Å². The summed E-state index contributed by atoms with van der Waals surface area (Å²) in [5, 5.41) is 13.3. The molecule has 2 aromatic carbocycles. The molecule has 0 atom stereocenters. The second kappa shape index (κ2) is 10.7. The molecule has 6 nitrogen and oxygen atoms in total. The molecule has 1 heterocycles. The van der Waals surface area contributed by atoms with Gasteiger partial charge in [0.2, 0.25) is 0 Å². The number of aromatic nitrogens is 2. The third-order valence-corrected chi connectivity index (χ3v) is 6.26. The van der Waals surface area contributed by atoms with Crippen LogP contribution in [0.2, 0.25) is 0 Å². The second-order valence-electron chi connectivity index (χ2n) is 8.69. The van der Waals surface area contributed by atoms with Crippen molar-refractivity contribution in [2.45, 2.75) is 32.2 Å². The molecule has 0 aliphatic heterocycles. The van der Waals surface area contributed by atoms with Crippen LogP contribution in [0.5, 0.6) is 0 Å². The maximum Gasteiger partial charge on any atom is 0.329 e. The molecule has 3 aromatic rings. The van der Waals surface area contributed by atoms with Crippen molar-refractivity contribution >= 4 is 5.97 Å². The van der Waals surface area contributed by atoms with Crippen LogP contribution in [0.4, 0.5) is 8.78 Å². The lowest BCUT2D eigenvalue weighted by Crippen LogP contribution is -2.29. The summed E-state index contributed by atoms with van der Waals surface area (Å²) in [6.07, 6.45) is 3.51. The summed E-state index contributed by atoms with van der Waals surface area (Å²) in [6, 6.07) is 14.4. The van der Waals surface area contributed by atoms with Gasteiger partial charge in [0.1, 0.15) is 6.61 Å². The maximum absolute atomic E-state index is 14.6. The van der Waals surface area contributed by atoms with Crippen molar-refractivity contribution < 1.29 is 23.4 Å². The van der Waals surface area contributed by atoms with E-state index in [-0.39, 0.29) is 29.2 Å². The predicted molar refractivity (Wildman–Crippen MR) is 123 cm³/mol. The van der Waals surface area contributed by atoms with E-state index in [9.17, 15) is 18.4 Å².